The van der Waals surface area contributed by atoms with E-state index < -0.39 is 0 Å². The topological polar surface area (TPSA) is 41.1 Å². The number of hydrogen-bond acceptors (Lipinski definition) is 2. The fourth-order valence-corrected chi connectivity index (χ4v) is 2.42. The molecule has 2 atom stereocenters. The van der Waals surface area contributed by atoms with Crippen LogP contribution in [0.3, 0.4) is 0 Å². The Morgan fingerprint density at radius 3 is 3.00 bits per heavy atom. The molecular formula is C15H22ClFN2O. The predicted molar refractivity (Wildman–Crippen MR) is 80.7 cm³/mol. The molecule has 1 aliphatic rings. The Kier molecular flexibility index (Phi) is 6.96. The molecular weight excluding hydrogens is 279 g/mol. The Balaban J connectivity index is 0.00000200. The number of carbonyl (C=O) groups is 1. The minimum absolute atomic E-state index is 0. The molecule has 3 nitrogen and oxygen atoms in total. The summed E-state index contributed by atoms with van der Waals surface area (Å²) in [5.41, 5.74) is 0.722. The van der Waals surface area contributed by atoms with Crippen LogP contribution in [0.5, 0.6) is 0 Å². The number of hydrogen-bond donors (Lipinski definition) is 2. The van der Waals surface area contributed by atoms with Crippen molar-refractivity contribution < 1.29 is 9.18 Å². The quantitative estimate of drug-likeness (QED) is 0.897. The van der Waals surface area contributed by atoms with Crippen molar-refractivity contribution >= 4 is 18.3 Å². The molecule has 20 heavy (non-hydrogen) atoms. The van der Waals surface area contributed by atoms with Crippen LogP contribution in [-0.4, -0.2) is 25.5 Å². The molecule has 0 aliphatic carbocycles. The summed E-state index contributed by atoms with van der Waals surface area (Å²) < 4.78 is 13.1. The molecule has 1 aliphatic heterocycles. The lowest BCUT2D eigenvalue weighted by atomic mass is 9.97. The van der Waals surface area contributed by atoms with Gasteiger partial charge in [-0.3, -0.25) is 4.79 Å². The third-order valence-electron chi connectivity index (χ3n) is 3.71. The molecule has 2 rings (SSSR count). The maximum Gasteiger partial charge on any atom is 0.227 e. The fourth-order valence-electron chi connectivity index (χ4n) is 2.42. The van der Waals surface area contributed by atoms with Gasteiger partial charge in [-0.2, -0.15) is 0 Å². The third kappa shape index (κ3) is 4.76. The molecule has 1 saturated heterocycles. The van der Waals surface area contributed by atoms with E-state index in [1.807, 2.05) is 6.92 Å². The highest BCUT2D eigenvalue weighted by atomic mass is 35.5. The van der Waals surface area contributed by atoms with Crippen molar-refractivity contribution in [1.29, 1.82) is 0 Å². The van der Waals surface area contributed by atoms with Gasteiger partial charge in [0.15, 0.2) is 0 Å². The first-order valence-corrected chi connectivity index (χ1v) is 6.90. The van der Waals surface area contributed by atoms with E-state index in [0.29, 0.717) is 12.5 Å². The van der Waals surface area contributed by atoms with Crippen molar-refractivity contribution in [1.82, 2.24) is 10.6 Å². The Hall–Kier alpha value is -1.13. The zero-order valence-corrected chi connectivity index (χ0v) is 12.5. The number of nitrogens with one attached hydrogen (secondary N) is 2. The van der Waals surface area contributed by atoms with Crippen LogP contribution in [0, 0.1) is 11.7 Å². The first-order chi connectivity index (χ1) is 9.16. The van der Waals surface area contributed by atoms with Gasteiger partial charge >= 0.3 is 0 Å². The zero-order valence-electron chi connectivity index (χ0n) is 11.7. The molecule has 0 radical (unpaired) electrons. The average Bonchev–Trinajstić information content (AvgIpc) is 2.45. The highest BCUT2D eigenvalue weighted by Gasteiger charge is 2.18. The Morgan fingerprint density at radius 1 is 1.55 bits per heavy atom. The molecule has 0 aromatic heterocycles. The first kappa shape index (κ1) is 16.9. The van der Waals surface area contributed by atoms with Crippen LogP contribution in [-0.2, 0) is 4.79 Å². The van der Waals surface area contributed by atoms with E-state index in [0.717, 1.165) is 25.1 Å². The molecule has 112 valence electrons. The number of amides is 1. The molecule has 0 spiro atoms. The summed E-state index contributed by atoms with van der Waals surface area (Å²) in [6.07, 6.45) is 2.32. The van der Waals surface area contributed by atoms with Gasteiger partial charge in [-0.25, -0.2) is 4.39 Å². The van der Waals surface area contributed by atoms with Crippen molar-refractivity contribution in [2.75, 3.05) is 19.6 Å². The van der Waals surface area contributed by atoms with Crippen LogP contribution >= 0.6 is 12.4 Å². The normalized spacial score (nSPS) is 19.8. The van der Waals surface area contributed by atoms with Gasteiger partial charge in [-0.15, -0.1) is 12.4 Å². The van der Waals surface area contributed by atoms with Crippen molar-refractivity contribution in [2.24, 2.45) is 5.92 Å². The highest BCUT2D eigenvalue weighted by Crippen LogP contribution is 2.16. The molecule has 2 unspecified atom stereocenters. The second-order valence-electron chi connectivity index (χ2n) is 5.23. The second kappa shape index (κ2) is 8.22. The molecule has 1 heterocycles. The summed E-state index contributed by atoms with van der Waals surface area (Å²) >= 11 is 0. The van der Waals surface area contributed by atoms with Gasteiger partial charge in [0, 0.05) is 6.54 Å². The Bertz CT molecular complexity index is 436. The standard InChI is InChI=1S/C15H21FN2O.ClH/c1-11(13-5-2-6-14(16)8-13)15(19)18-10-12-4-3-7-17-9-12;/h2,5-6,8,11-12,17H,3-4,7,9-10H2,1H3,(H,18,19);1H. The lowest BCUT2D eigenvalue weighted by Gasteiger charge is -2.23. The van der Waals surface area contributed by atoms with E-state index in [1.54, 1.807) is 12.1 Å². The smallest absolute Gasteiger partial charge is 0.227 e. The van der Waals surface area contributed by atoms with E-state index in [1.165, 1.54) is 18.6 Å². The van der Waals surface area contributed by atoms with Crippen LogP contribution in [0.1, 0.15) is 31.2 Å². The minimum Gasteiger partial charge on any atom is -0.355 e. The number of rotatable bonds is 4. The van der Waals surface area contributed by atoms with Crippen LogP contribution in [0.15, 0.2) is 24.3 Å². The van der Waals surface area contributed by atoms with Gasteiger partial charge in [0.1, 0.15) is 5.82 Å². The number of piperidine rings is 1. The summed E-state index contributed by atoms with van der Waals surface area (Å²) in [6.45, 7) is 4.55. The van der Waals surface area contributed by atoms with Crippen LogP contribution in [0.25, 0.3) is 0 Å². The molecule has 2 N–H and O–H groups in total. The fraction of sp³-hybridized carbons (Fsp3) is 0.533. The lowest BCUT2D eigenvalue weighted by molar-refractivity contribution is -0.122. The predicted octanol–water partition coefficient (Wildman–Crippen LogP) is 2.47. The molecule has 0 bridgehead atoms. The van der Waals surface area contributed by atoms with Gasteiger partial charge < -0.3 is 10.6 Å². The third-order valence-corrected chi connectivity index (χ3v) is 3.71. The Labute approximate surface area is 125 Å². The van der Waals surface area contributed by atoms with Crippen molar-refractivity contribution in [2.45, 2.75) is 25.7 Å². The molecule has 0 saturated carbocycles. The van der Waals surface area contributed by atoms with Crippen molar-refractivity contribution in [3.05, 3.63) is 35.6 Å². The largest absolute Gasteiger partial charge is 0.355 e. The van der Waals surface area contributed by atoms with Crippen LogP contribution in [0.4, 0.5) is 4.39 Å². The van der Waals surface area contributed by atoms with E-state index in [4.69, 9.17) is 0 Å². The summed E-state index contributed by atoms with van der Waals surface area (Å²) in [6, 6.07) is 6.24. The van der Waals surface area contributed by atoms with Gasteiger partial charge in [-0.05, 0) is 56.5 Å². The second-order valence-corrected chi connectivity index (χ2v) is 5.23. The number of carbonyl (C=O) groups excluding carboxylic acids is 1. The van der Waals surface area contributed by atoms with Gasteiger partial charge in [0.05, 0.1) is 5.92 Å². The molecule has 1 aromatic rings. The SMILES string of the molecule is CC(C(=O)NCC1CCCNC1)c1cccc(F)c1.Cl. The number of halogens is 2. The van der Waals surface area contributed by atoms with E-state index in [-0.39, 0.29) is 30.0 Å². The van der Waals surface area contributed by atoms with Crippen LogP contribution in [0.2, 0.25) is 0 Å². The van der Waals surface area contributed by atoms with Crippen LogP contribution < -0.4 is 10.6 Å². The van der Waals surface area contributed by atoms with Gasteiger partial charge in [0.2, 0.25) is 5.91 Å². The van der Waals surface area contributed by atoms with Crippen molar-refractivity contribution in [3.63, 3.8) is 0 Å². The van der Waals surface area contributed by atoms with Gasteiger partial charge in [0.25, 0.3) is 0 Å². The van der Waals surface area contributed by atoms with E-state index in [9.17, 15) is 9.18 Å². The van der Waals surface area contributed by atoms with Gasteiger partial charge in [-0.1, -0.05) is 12.1 Å². The zero-order chi connectivity index (χ0) is 13.7. The van der Waals surface area contributed by atoms with Crippen molar-refractivity contribution in [3.8, 4) is 0 Å². The average molecular weight is 301 g/mol. The Morgan fingerprint density at radius 2 is 2.35 bits per heavy atom. The first-order valence-electron chi connectivity index (χ1n) is 6.90. The molecule has 5 heteroatoms. The maximum absolute atomic E-state index is 13.1. The maximum atomic E-state index is 13.1. The van der Waals surface area contributed by atoms with E-state index in [2.05, 4.69) is 10.6 Å². The highest BCUT2D eigenvalue weighted by molar-refractivity contribution is 5.85. The lowest BCUT2D eigenvalue weighted by Crippen LogP contribution is -2.39. The molecule has 1 aromatic carbocycles. The molecule has 1 fully saturated rings. The summed E-state index contributed by atoms with van der Waals surface area (Å²) in [4.78, 5) is 12.0. The molecule has 1 amide bonds. The minimum atomic E-state index is -0.313. The summed E-state index contributed by atoms with van der Waals surface area (Å²) in [7, 11) is 0. The summed E-state index contributed by atoms with van der Waals surface area (Å²) in [5.74, 6) is -0.130. The number of benzene rings is 1. The monoisotopic (exact) mass is 300 g/mol. The summed E-state index contributed by atoms with van der Waals surface area (Å²) in [5, 5.41) is 6.29. The van der Waals surface area contributed by atoms with E-state index >= 15 is 0 Å².